The first-order valence-corrected chi connectivity index (χ1v) is 5.01. The molecule has 1 atom stereocenters. The van der Waals surface area contributed by atoms with Crippen molar-refractivity contribution in [1.29, 1.82) is 0 Å². The fourth-order valence-corrected chi connectivity index (χ4v) is 1.55. The van der Waals surface area contributed by atoms with Crippen molar-refractivity contribution < 1.29 is 0 Å². The maximum absolute atomic E-state index is 6.98. The summed E-state index contributed by atoms with van der Waals surface area (Å²) in [7, 11) is 0. The van der Waals surface area contributed by atoms with Gasteiger partial charge in [-0.15, -0.1) is 0 Å². The third kappa shape index (κ3) is 1.95. The van der Waals surface area contributed by atoms with Gasteiger partial charge in [0.2, 0.25) is 0 Å². The Balaban J connectivity index is 2.41. The number of fused-ring (bicyclic) bond motifs is 1. The molecule has 4 heteroatoms. The molecular weight excluding hydrogens is 200 g/mol. The lowest BCUT2D eigenvalue weighted by Crippen LogP contribution is -2.25. The average Bonchev–Trinajstić information content (AvgIpc) is 2.36. The van der Waals surface area contributed by atoms with Crippen LogP contribution in [0.1, 0.15) is 0 Å². The molecule has 1 aromatic heterocycles. The van der Waals surface area contributed by atoms with Gasteiger partial charge in [-0.1, -0.05) is 24.3 Å². The second kappa shape index (κ2) is 4.60. The van der Waals surface area contributed by atoms with Gasteiger partial charge in [-0.3, -0.25) is 9.83 Å². The number of aromatic nitrogens is 1. The first kappa shape index (κ1) is 10.4. The minimum Gasteiger partial charge on any atom is -0.322 e. The predicted octanol–water partition coefficient (Wildman–Crippen LogP) is 1.85. The standard InChI is InChI=1S/C12H12N4/c1-14-12(6-13)16-11-8-15-7-9-4-2-3-5-10(9)11/h2-5,7-8,12,16H,6,13H2. The summed E-state index contributed by atoms with van der Waals surface area (Å²) in [5.74, 6) is 0. The van der Waals surface area contributed by atoms with Crippen LogP contribution in [0.3, 0.4) is 0 Å². The number of nitrogens with two attached hydrogens (primary N) is 1. The summed E-state index contributed by atoms with van der Waals surface area (Å²) in [6, 6.07) is 7.91. The molecule has 3 N–H and O–H groups in total. The van der Waals surface area contributed by atoms with Crippen molar-refractivity contribution >= 4 is 16.5 Å². The monoisotopic (exact) mass is 212 g/mol. The van der Waals surface area contributed by atoms with Crippen molar-refractivity contribution in [3.05, 3.63) is 48.1 Å². The number of nitrogens with zero attached hydrogens (tertiary/aromatic N) is 2. The lowest BCUT2D eigenvalue weighted by Gasteiger charge is -2.09. The lowest BCUT2D eigenvalue weighted by atomic mass is 10.1. The van der Waals surface area contributed by atoms with Crippen molar-refractivity contribution in [2.24, 2.45) is 5.73 Å². The minimum absolute atomic E-state index is 0.284. The van der Waals surface area contributed by atoms with Gasteiger partial charge in [-0.25, -0.2) is 6.57 Å². The maximum atomic E-state index is 6.98. The molecule has 0 aliphatic carbocycles. The Kier molecular flexibility index (Phi) is 2.99. The zero-order valence-electron chi connectivity index (χ0n) is 8.72. The third-order valence-electron chi connectivity index (χ3n) is 2.37. The number of anilines is 1. The van der Waals surface area contributed by atoms with Crippen molar-refractivity contribution in [2.75, 3.05) is 11.9 Å². The van der Waals surface area contributed by atoms with E-state index in [-0.39, 0.29) is 6.54 Å². The largest absolute Gasteiger partial charge is 0.322 e. The van der Waals surface area contributed by atoms with Crippen molar-refractivity contribution in [2.45, 2.75) is 6.17 Å². The Morgan fingerprint density at radius 2 is 2.19 bits per heavy atom. The van der Waals surface area contributed by atoms with Crippen LogP contribution in [0.2, 0.25) is 0 Å². The highest BCUT2D eigenvalue weighted by Gasteiger charge is 2.10. The van der Waals surface area contributed by atoms with Gasteiger partial charge in [0.25, 0.3) is 0 Å². The summed E-state index contributed by atoms with van der Waals surface area (Å²) in [4.78, 5) is 7.52. The average molecular weight is 212 g/mol. The molecule has 0 aliphatic rings. The SMILES string of the molecule is [C-]#[N+]C(CN)Nc1cncc2ccccc12. The van der Waals surface area contributed by atoms with Crippen LogP contribution in [0.15, 0.2) is 36.7 Å². The van der Waals surface area contributed by atoms with Gasteiger partial charge in [0.05, 0.1) is 18.4 Å². The van der Waals surface area contributed by atoms with E-state index in [1.807, 2.05) is 24.3 Å². The summed E-state index contributed by atoms with van der Waals surface area (Å²) in [6.07, 6.45) is 3.12. The summed E-state index contributed by atoms with van der Waals surface area (Å²) >= 11 is 0. The van der Waals surface area contributed by atoms with Gasteiger partial charge in [-0.05, 0) is 0 Å². The Morgan fingerprint density at radius 3 is 2.94 bits per heavy atom. The van der Waals surface area contributed by atoms with E-state index in [9.17, 15) is 0 Å². The second-order valence-electron chi connectivity index (χ2n) is 3.43. The summed E-state index contributed by atoms with van der Waals surface area (Å²) in [5.41, 5.74) is 6.33. The van der Waals surface area contributed by atoms with Gasteiger partial charge < -0.3 is 11.1 Å². The quantitative estimate of drug-likeness (QED) is 0.763. The molecule has 0 bridgehead atoms. The molecule has 0 spiro atoms. The number of benzene rings is 1. The van der Waals surface area contributed by atoms with E-state index in [4.69, 9.17) is 12.3 Å². The molecule has 0 aliphatic heterocycles. The molecule has 4 nitrogen and oxygen atoms in total. The Hall–Kier alpha value is -2.12. The molecular formula is C12H12N4. The van der Waals surface area contributed by atoms with Crippen LogP contribution in [0.25, 0.3) is 15.6 Å². The predicted molar refractivity (Wildman–Crippen MR) is 64.8 cm³/mol. The molecule has 0 radical (unpaired) electrons. The normalized spacial score (nSPS) is 12.0. The van der Waals surface area contributed by atoms with Gasteiger partial charge >= 0.3 is 6.17 Å². The van der Waals surface area contributed by atoms with Crippen molar-refractivity contribution in [3.63, 3.8) is 0 Å². The molecule has 1 unspecified atom stereocenters. The Morgan fingerprint density at radius 1 is 1.38 bits per heavy atom. The van der Waals surface area contributed by atoms with Crippen LogP contribution in [-0.4, -0.2) is 17.7 Å². The molecule has 2 aromatic rings. The molecule has 1 heterocycles. The van der Waals surface area contributed by atoms with Crippen molar-refractivity contribution in [1.82, 2.24) is 4.98 Å². The van der Waals surface area contributed by atoms with Crippen LogP contribution in [0.5, 0.6) is 0 Å². The molecule has 0 saturated heterocycles. The molecule has 80 valence electrons. The van der Waals surface area contributed by atoms with E-state index < -0.39 is 6.17 Å². The summed E-state index contributed by atoms with van der Waals surface area (Å²) in [6.45, 7) is 7.26. The number of nitrogens with one attached hydrogen (secondary N) is 1. The van der Waals surface area contributed by atoms with E-state index in [1.165, 1.54) is 0 Å². The molecule has 0 amide bonds. The Labute approximate surface area is 93.9 Å². The number of hydrogen-bond donors (Lipinski definition) is 2. The van der Waals surface area contributed by atoms with Crippen LogP contribution in [0, 0.1) is 6.57 Å². The maximum Gasteiger partial charge on any atom is 0.308 e. The van der Waals surface area contributed by atoms with E-state index in [0.717, 1.165) is 16.5 Å². The topological polar surface area (TPSA) is 55.3 Å². The van der Waals surface area contributed by atoms with Crippen LogP contribution in [0.4, 0.5) is 5.69 Å². The van der Waals surface area contributed by atoms with Gasteiger partial charge in [0.1, 0.15) is 0 Å². The molecule has 2 rings (SSSR count). The number of rotatable bonds is 3. The van der Waals surface area contributed by atoms with E-state index >= 15 is 0 Å². The molecule has 0 fully saturated rings. The summed E-state index contributed by atoms with van der Waals surface area (Å²) in [5, 5.41) is 5.18. The highest BCUT2D eigenvalue weighted by Crippen LogP contribution is 2.22. The first-order valence-electron chi connectivity index (χ1n) is 5.01. The smallest absolute Gasteiger partial charge is 0.308 e. The summed E-state index contributed by atoms with van der Waals surface area (Å²) < 4.78 is 0. The van der Waals surface area contributed by atoms with E-state index in [2.05, 4.69) is 15.1 Å². The fourth-order valence-electron chi connectivity index (χ4n) is 1.55. The van der Waals surface area contributed by atoms with E-state index in [0.29, 0.717) is 0 Å². The lowest BCUT2D eigenvalue weighted by molar-refractivity contribution is 0.872. The molecule has 0 saturated carbocycles. The van der Waals surface area contributed by atoms with Crippen LogP contribution < -0.4 is 11.1 Å². The highest BCUT2D eigenvalue weighted by atomic mass is 15.1. The fraction of sp³-hybridized carbons (Fsp3) is 0.167. The van der Waals surface area contributed by atoms with Gasteiger partial charge in [-0.2, -0.15) is 0 Å². The van der Waals surface area contributed by atoms with Crippen LogP contribution in [-0.2, 0) is 0 Å². The van der Waals surface area contributed by atoms with Crippen molar-refractivity contribution in [3.8, 4) is 0 Å². The van der Waals surface area contributed by atoms with E-state index in [1.54, 1.807) is 12.4 Å². The Bertz CT molecular complexity index is 525. The van der Waals surface area contributed by atoms with Crippen LogP contribution >= 0.6 is 0 Å². The zero-order chi connectivity index (χ0) is 11.4. The number of hydrogen-bond acceptors (Lipinski definition) is 3. The third-order valence-corrected chi connectivity index (χ3v) is 2.37. The molecule has 1 aromatic carbocycles. The highest BCUT2D eigenvalue weighted by molar-refractivity contribution is 5.92. The molecule has 16 heavy (non-hydrogen) atoms. The second-order valence-corrected chi connectivity index (χ2v) is 3.43. The van der Waals surface area contributed by atoms with Gasteiger partial charge in [0.15, 0.2) is 0 Å². The minimum atomic E-state index is -0.396. The zero-order valence-corrected chi connectivity index (χ0v) is 8.72. The number of pyridine rings is 1. The van der Waals surface area contributed by atoms with Gasteiger partial charge in [0, 0.05) is 17.0 Å². The first-order chi connectivity index (χ1) is 7.85.